The maximum Gasteiger partial charge on any atom is 0.326 e. The molecular weight excluding hydrogens is 662 g/mol. The van der Waals surface area contributed by atoms with Crippen molar-refractivity contribution in [3.05, 3.63) is 0 Å². The number of ketones is 1. The first-order chi connectivity index (χ1) is 23.3. The second-order valence-corrected chi connectivity index (χ2v) is 16.2. The molecule has 0 radical (unpaired) electrons. The zero-order chi connectivity index (χ0) is 39.6. The average Bonchev–Trinajstić information content (AvgIpc) is 2.98. The number of nitrogens with two attached hydrogens (primary N) is 1. The number of carboxylic acids is 2. The number of nitrogens with one attached hydrogen (secondary N) is 4. The molecule has 8 N–H and O–H groups in total. The summed E-state index contributed by atoms with van der Waals surface area (Å²) in [5.74, 6) is -3.62. The van der Waals surface area contributed by atoms with Gasteiger partial charge in [-0.3, -0.25) is 24.0 Å². The lowest BCUT2D eigenvalue weighted by Gasteiger charge is -2.30. The Hall–Kier alpha value is -3.14. The molecule has 0 aromatic heterocycles. The van der Waals surface area contributed by atoms with E-state index in [4.69, 9.17) is 15.2 Å². The van der Waals surface area contributed by atoms with E-state index in [1.807, 2.05) is 48.5 Å². The summed E-state index contributed by atoms with van der Waals surface area (Å²) in [5, 5.41) is 30.0. The van der Waals surface area contributed by atoms with Crippen molar-refractivity contribution < 1.29 is 48.5 Å². The number of hydrogen-bond acceptors (Lipinski definition) is 10. The molecule has 0 aliphatic rings. The minimum Gasteiger partial charge on any atom is -0.481 e. The highest BCUT2D eigenvalue weighted by Crippen LogP contribution is 2.22. The van der Waals surface area contributed by atoms with Crippen LogP contribution in [0.2, 0.25) is 0 Å². The van der Waals surface area contributed by atoms with E-state index >= 15 is 0 Å². The van der Waals surface area contributed by atoms with Crippen molar-refractivity contribution in [2.24, 2.45) is 11.1 Å². The fourth-order valence-electron chi connectivity index (χ4n) is 4.97. The van der Waals surface area contributed by atoms with Crippen LogP contribution < -0.4 is 27.0 Å². The van der Waals surface area contributed by atoms with Crippen LogP contribution in [0, 0.1) is 5.41 Å². The van der Waals surface area contributed by atoms with E-state index in [1.165, 1.54) is 13.8 Å². The number of carbonyl (C=O) groups is 6. The molecule has 0 fully saturated rings. The minimum atomic E-state index is -1.37. The molecule has 296 valence electrons. The molecule has 0 heterocycles. The lowest BCUT2D eigenvalue weighted by Crippen LogP contribution is -2.50. The van der Waals surface area contributed by atoms with Gasteiger partial charge in [-0.25, -0.2) is 4.79 Å². The molecule has 1 unspecified atom stereocenters. The number of ether oxygens (including phenoxy) is 2. The zero-order valence-corrected chi connectivity index (χ0v) is 32.7. The first-order valence-electron chi connectivity index (χ1n) is 17.9. The van der Waals surface area contributed by atoms with Crippen molar-refractivity contribution in [1.82, 2.24) is 21.3 Å². The predicted molar refractivity (Wildman–Crippen MR) is 194 cm³/mol. The molecule has 3 amide bonds. The van der Waals surface area contributed by atoms with Gasteiger partial charge in [0.1, 0.15) is 11.8 Å². The number of carbonyl (C=O) groups excluding carboxylic acids is 4. The van der Waals surface area contributed by atoms with Crippen LogP contribution in [0.4, 0.5) is 0 Å². The molecule has 0 aliphatic carbocycles. The van der Waals surface area contributed by atoms with Gasteiger partial charge in [0.05, 0.1) is 41.9 Å². The Morgan fingerprint density at radius 1 is 0.706 bits per heavy atom. The van der Waals surface area contributed by atoms with Crippen LogP contribution in [-0.4, -0.2) is 107 Å². The summed E-state index contributed by atoms with van der Waals surface area (Å²) in [6.45, 7) is 19.5. The first kappa shape index (κ1) is 47.9. The number of carboxylic acid groups (broad SMARTS) is 2. The van der Waals surface area contributed by atoms with Gasteiger partial charge in [-0.1, -0.05) is 0 Å². The number of rotatable bonds is 27. The van der Waals surface area contributed by atoms with Crippen molar-refractivity contribution in [1.29, 1.82) is 0 Å². The third-order valence-electron chi connectivity index (χ3n) is 8.33. The Balaban J connectivity index is 4.37. The van der Waals surface area contributed by atoms with Crippen molar-refractivity contribution in [3.8, 4) is 0 Å². The Bertz CT molecular complexity index is 1150. The molecule has 0 bridgehead atoms. The number of unbranched alkanes of at least 4 members (excludes halogenated alkanes) is 1. The van der Waals surface area contributed by atoms with Gasteiger partial charge in [0.2, 0.25) is 17.7 Å². The maximum absolute atomic E-state index is 12.4. The fourth-order valence-corrected chi connectivity index (χ4v) is 4.97. The summed E-state index contributed by atoms with van der Waals surface area (Å²) in [7, 11) is 0. The summed E-state index contributed by atoms with van der Waals surface area (Å²) in [6.07, 6.45) is 3.23. The van der Waals surface area contributed by atoms with Crippen LogP contribution in [0.5, 0.6) is 0 Å². The topological polar surface area (TPSA) is 235 Å². The molecule has 0 spiro atoms. The Labute approximate surface area is 304 Å². The van der Waals surface area contributed by atoms with E-state index in [1.54, 1.807) is 6.92 Å². The van der Waals surface area contributed by atoms with E-state index in [2.05, 4.69) is 21.3 Å². The average molecular weight is 730 g/mol. The van der Waals surface area contributed by atoms with Gasteiger partial charge in [-0.2, -0.15) is 0 Å². The van der Waals surface area contributed by atoms with Crippen LogP contribution in [0.15, 0.2) is 0 Å². The van der Waals surface area contributed by atoms with E-state index < -0.39 is 52.5 Å². The number of hydrogen-bond donors (Lipinski definition) is 7. The minimum absolute atomic E-state index is 0.0437. The monoisotopic (exact) mass is 729 g/mol. The Morgan fingerprint density at radius 2 is 1.25 bits per heavy atom. The fraction of sp³-hybridized carbons (Fsp3) is 0.833. The third-order valence-corrected chi connectivity index (χ3v) is 8.33. The number of aliphatic carboxylic acids is 2. The SMILES string of the molecule is CC(=O)[C@H](CCCCNC(=O)CCC(C)(C)OCCC(C)(C)OCCNC(=O)CC[C@H](NC(=O)C(N)CC(C)(C)C(=O)O)C(=O)O)NC(C)(C)C. The van der Waals surface area contributed by atoms with E-state index in [0.29, 0.717) is 32.4 Å². The van der Waals surface area contributed by atoms with E-state index in [-0.39, 0.29) is 55.7 Å². The number of Topliss-reactive ketones (excluding diaryl/α,β-unsaturated/α-hetero) is 1. The standard InChI is InChI=1S/C36H67N5O10/c1-24(42)26(41-33(2,3)4)13-11-12-19-38-29(44)16-17-35(7,8)50-21-18-36(9,10)51-22-20-39-28(43)15-14-27(31(46)47)40-30(45)25(37)23-34(5,6)32(48)49/h25-27,41H,11-23,37H2,1-10H3,(H,38,44)(H,39,43)(H,40,45)(H,46,47)(H,48,49)/t25?,26-,27-/m0/s1. The lowest BCUT2D eigenvalue weighted by molar-refractivity contribution is -0.148. The van der Waals surface area contributed by atoms with Crippen LogP contribution in [0.3, 0.4) is 0 Å². The molecule has 0 aromatic rings. The summed E-state index contributed by atoms with van der Waals surface area (Å²) >= 11 is 0. The summed E-state index contributed by atoms with van der Waals surface area (Å²) in [5.41, 5.74) is 3.29. The van der Waals surface area contributed by atoms with Gasteiger partial charge >= 0.3 is 11.9 Å². The number of amides is 3. The highest BCUT2D eigenvalue weighted by atomic mass is 16.5. The van der Waals surface area contributed by atoms with Gasteiger partial charge in [0.15, 0.2) is 0 Å². The van der Waals surface area contributed by atoms with Gasteiger partial charge in [0.25, 0.3) is 0 Å². The normalized spacial score (nSPS) is 14.3. The van der Waals surface area contributed by atoms with Crippen molar-refractivity contribution in [2.75, 3.05) is 26.3 Å². The predicted octanol–water partition coefficient (Wildman–Crippen LogP) is 2.67. The molecule has 51 heavy (non-hydrogen) atoms. The smallest absolute Gasteiger partial charge is 0.326 e. The highest BCUT2D eigenvalue weighted by Gasteiger charge is 2.33. The summed E-state index contributed by atoms with van der Waals surface area (Å²) < 4.78 is 12.0. The van der Waals surface area contributed by atoms with E-state index in [9.17, 15) is 39.0 Å². The molecule has 0 saturated heterocycles. The second kappa shape index (κ2) is 22.0. The zero-order valence-electron chi connectivity index (χ0n) is 32.7. The Kier molecular flexibility index (Phi) is 20.7. The molecule has 15 nitrogen and oxygen atoms in total. The largest absolute Gasteiger partial charge is 0.481 e. The molecule has 0 aromatic carbocycles. The molecule has 0 saturated carbocycles. The summed E-state index contributed by atoms with van der Waals surface area (Å²) in [4.78, 5) is 71.9. The Morgan fingerprint density at radius 3 is 1.80 bits per heavy atom. The molecular formula is C36H67N5O10. The molecule has 15 heteroatoms. The molecule has 0 aliphatic heterocycles. The van der Waals surface area contributed by atoms with Crippen molar-refractivity contribution in [3.63, 3.8) is 0 Å². The van der Waals surface area contributed by atoms with Gasteiger partial charge in [0, 0.05) is 31.5 Å². The van der Waals surface area contributed by atoms with Crippen LogP contribution >= 0.6 is 0 Å². The van der Waals surface area contributed by atoms with Crippen molar-refractivity contribution in [2.45, 2.75) is 162 Å². The first-order valence-corrected chi connectivity index (χ1v) is 17.9. The van der Waals surface area contributed by atoms with Crippen LogP contribution in [0.1, 0.15) is 127 Å². The van der Waals surface area contributed by atoms with Crippen LogP contribution in [0.25, 0.3) is 0 Å². The van der Waals surface area contributed by atoms with Gasteiger partial charge < -0.3 is 46.7 Å². The molecule has 3 atom stereocenters. The second-order valence-electron chi connectivity index (χ2n) is 16.2. The van der Waals surface area contributed by atoms with Crippen molar-refractivity contribution >= 4 is 35.4 Å². The summed E-state index contributed by atoms with van der Waals surface area (Å²) in [6, 6.07) is -2.78. The maximum atomic E-state index is 12.4. The van der Waals surface area contributed by atoms with Gasteiger partial charge in [-0.05, 0) is 114 Å². The van der Waals surface area contributed by atoms with Gasteiger partial charge in [-0.15, -0.1) is 0 Å². The third kappa shape index (κ3) is 23.1. The van der Waals surface area contributed by atoms with Crippen LogP contribution in [-0.2, 0) is 38.2 Å². The van der Waals surface area contributed by atoms with E-state index in [0.717, 1.165) is 19.3 Å². The lowest BCUT2D eigenvalue weighted by atomic mass is 9.86. The molecule has 0 rings (SSSR count). The quantitative estimate of drug-likeness (QED) is 0.0605. The highest BCUT2D eigenvalue weighted by molar-refractivity contribution is 5.88.